The van der Waals surface area contributed by atoms with Gasteiger partial charge >= 0.3 is 6.18 Å². The minimum absolute atomic E-state index is 0.145. The zero-order valence-electron chi connectivity index (χ0n) is 17.6. The molecule has 0 N–H and O–H groups in total. The Labute approximate surface area is 178 Å². The van der Waals surface area contributed by atoms with Crippen LogP contribution in [0.15, 0.2) is 36.4 Å². The van der Waals surface area contributed by atoms with Crippen molar-refractivity contribution in [2.45, 2.75) is 38.8 Å². The smallest absolute Gasteiger partial charge is 0.380 e. The van der Waals surface area contributed by atoms with E-state index in [1.807, 2.05) is 24.4 Å². The molecule has 2 fully saturated rings. The van der Waals surface area contributed by atoms with Gasteiger partial charge in [0.2, 0.25) is 0 Å². The van der Waals surface area contributed by atoms with Gasteiger partial charge in [0.05, 0.1) is 24.5 Å². The highest BCUT2D eigenvalue weighted by Gasteiger charge is 2.41. The summed E-state index contributed by atoms with van der Waals surface area (Å²) in [6, 6.07) is 9.31. The Morgan fingerprint density at radius 3 is 2.32 bits per heavy atom. The standard InChI is InChI=1S/C23H25F3N4O/c1-15-11-21(29-9-7-22(8-10-29)13-31-14-22)30-20(27-15)12-19(28-30)16(2)17-3-5-18(6-4-17)23(24,25)26/h3-6,11-12,16H,7-10,13-14H2,1-2H3. The number of ether oxygens (including phenoxy) is 1. The maximum Gasteiger partial charge on any atom is 0.416 e. The Morgan fingerprint density at radius 2 is 1.74 bits per heavy atom. The highest BCUT2D eigenvalue weighted by molar-refractivity contribution is 5.53. The Kier molecular flexibility index (Phi) is 4.73. The lowest BCUT2D eigenvalue weighted by Crippen LogP contribution is -2.51. The summed E-state index contributed by atoms with van der Waals surface area (Å²) in [5, 5.41) is 4.81. The van der Waals surface area contributed by atoms with E-state index in [0.29, 0.717) is 5.41 Å². The molecule has 0 amide bonds. The molecule has 1 unspecified atom stereocenters. The van der Waals surface area contributed by atoms with E-state index in [1.54, 1.807) is 0 Å². The lowest BCUT2D eigenvalue weighted by atomic mass is 9.77. The molecule has 0 radical (unpaired) electrons. The molecule has 2 aliphatic rings. The van der Waals surface area contributed by atoms with Gasteiger partial charge in [0.25, 0.3) is 0 Å². The van der Waals surface area contributed by atoms with Crippen molar-refractivity contribution in [3.63, 3.8) is 0 Å². The summed E-state index contributed by atoms with van der Waals surface area (Å²) in [6.45, 7) is 7.56. The number of aryl methyl sites for hydroxylation is 1. The van der Waals surface area contributed by atoms with E-state index in [0.717, 1.165) is 79.7 Å². The largest absolute Gasteiger partial charge is 0.416 e. The molecule has 1 atom stereocenters. The summed E-state index contributed by atoms with van der Waals surface area (Å²) < 4.78 is 46.0. The van der Waals surface area contributed by atoms with Crippen LogP contribution in [0.3, 0.4) is 0 Å². The molecular formula is C23H25F3N4O. The maximum absolute atomic E-state index is 12.9. The number of nitrogens with zero attached hydrogens (tertiary/aromatic N) is 4. The molecule has 164 valence electrons. The van der Waals surface area contributed by atoms with E-state index >= 15 is 0 Å². The first kappa shape index (κ1) is 20.3. The normalized spacial score (nSPS) is 19.6. The summed E-state index contributed by atoms with van der Waals surface area (Å²) in [5.41, 5.74) is 2.97. The Balaban J connectivity index is 1.44. The summed E-state index contributed by atoms with van der Waals surface area (Å²) in [7, 11) is 0. The topological polar surface area (TPSA) is 42.7 Å². The Morgan fingerprint density at radius 1 is 1.06 bits per heavy atom. The van der Waals surface area contributed by atoms with Gasteiger partial charge in [-0.1, -0.05) is 19.1 Å². The van der Waals surface area contributed by atoms with Crippen molar-refractivity contribution in [1.29, 1.82) is 0 Å². The predicted molar refractivity (Wildman–Crippen MR) is 111 cm³/mol. The third-order valence-electron chi connectivity index (χ3n) is 6.70. The maximum atomic E-state index is 12.9. The van der Waals surface area contributed by atoms with Crippen LogP contribution in [-0.2, 0) is 10.9 Å². The molecule has 1 spiro atoms. The van der Waals surface area contributed by atoms with Gasteiger partial charge in [0, 0.05) is 42.2 Å². The number of fused-ring (bicyclic) bond motifs is 1. The fraction of sp³-hybridized carbons (Fsp3) is 0.478. The Bertz CT molecular complexity index is 1090. The number of anilines is 1. The van der Waals surface area contributed by atoms with Gasteiger partial charge in [-0.3, -0.25) is 0 Å². The zero-order chi connectivity index (χ0) is 21.8. The van der Waals surface area contributed by atoms with Gasteiger partial charge in [0.15, 0.2) is 5.65 Å². The van der Waals surface area contributed by atoms with Crippen LogP contribution in [-0.4, -0.2) is 40.9 Å². The number of halogens is 3. The van der Waals surface area contributed by atoms with E-state index in [4.69, 9.17) is 9.84 Å². The molecule has 2 aromatic heterocycles. The minimum atomic E-state index is -4.33. The number of alkyl halides is 3. The summed E-state index contributed by atoms with van der Waals surface area (Å²) in [5.74, 6) is 0.873. The third-order valence-corrected chi connectivity index (χ3v) is 6.70. The monoisotopic (exact) mass is 430 g/mol. The van der Waals surface area contributed by atoms with Gasteiger partial charge in [-0.15, -0.1) is 0 Å². The molecule has 0 aliphatic carbocycles. The fourth-order valence-electron chi connectivity index (χ4n) is 4.56. The third kappa shape index (κ3) is 3.67. The number of hydrogen-bond acceptors (Lipinski definition) is 4. The first-order valence-corrected chi connectivity index (χ1v) is 10.6. The average molecular weight is 430 g/mol. The number of hydrogen-bond donors (Lipinski definition) is 0. The first-order chi connectivity index (χ1) is 14.7. The number of aromatic nitrogens is 3. The van der Waals surface area contributed by atoms with Crippen LogP contribution < -0.4 is 4.90 Å². The molecule has 4 heterocycles. The first-order valence-electron chi connectivity index (χ1n) is 10.6. The molecule has 5 nitrogen and oxygen atoms in total. The van der Waals surface area contributed by atoms with Crippen molar-refractivity contribution in [2.75, 3.05) is 31.2 Å². The quantitative estimate of drug-likeness (QED) is 0.597. The van der Waals surface area contributed by atoms with Crippen molar-refractivity contribution in [3.8, 4) is 0 Å². The predicted octanol–water partition coefficient (Wildman–Crippen LogP) is 4.83. The van der Waals surface area contributed by atoms with E-state index in [2.05, 4.69) is 16.0 Å². The average Bonchev–Trinajstić information content (AvgIpc) is 3.15. The highest BCUT2D eigenvalue weighted by Crippen LogP contribution is 2.39. The zero-order valence-corrected chi connectivity index (χ0v) is 17.6. The summed E-state index contributed by atoms with van der Waals surface area (Å²) in [4.78, 5) is 6.99. The van der Waals surface area contributed by atoms with Crippen molar-refractivity contribution in [3.05, 3.63) is 58.9 Å². The second-order valence-corrected chi connectivity index (χ2v) is 8.92. The van der Waals surface area contributed by atoms with Crippen LogP contribution in [0.2, 0.25) is 0 Å². The second kappa shape index (κ2) is 7.22. The number of piperidine rings is 1. The lowest BCUT2D eigenvalue weighted by molar-refractivity contribution is -0.137. The van der Waals surface area contributed by atoms with E-state index in [-0.39, 0.29) is 5.92 Å². The van der Waals surface area contributed by atoms with Crippen LogP contribution in [0.4, 0.5) is 19.0 Å². The van der Waals surface area contributed by atoms with Crippen LogP contribution in [0, 0.1) is 12.3 Å². The molecule has 1 aromatic carbocycles. The van der Waals surface area contributed by atoms with Gasteiger partial charge in [-0.05, 0) is 37.5 Å². The molecular weight excluding hydrogens is 405 g/mol. The van der Waals surface area contributed by atoms with Gasteiger partial charge < -0.3 is 9.64 Å². The van der Waals surface area contributed by atoms with Gasteiger partial charge in [-0.2, -0.15) is 22.8 Å². The molecule has 2 aliphatic heterocycles. The van der Waals surface area contributed by atoms with Crippen molar-refractivity contribution in [1.82, 2.24) is 14.6 Å². The van der Waals surface area contributed by atoms with Crippen molar-refractivity contribution < 1.29 is 17.9 Å². The molecule has 0 bridgehead atoms. The molecule has 0 saturated carbocycles. The fourth-order valence-corrected chi connectivity index (χ4v) is 4.56. The van der Waals surface area contributed by atoms with E-state index in [9.17, 15) is 13.2 Å². The minimum Gasteiger partial charge on any atom is -0.380 e. The molecule has 2 saturated heterocycles. The van der Waals surface area contributed by atoms with Crippen LogP contribution in [0.1, 0.15) is 48.2 Å². The van der Waals surface area contributed by atoms with E-state index < -0.39 is 11.7 Å². The molecule has 8 heteroatoms. The molecule has 5 rings (SSSR count). The number of rotatable bonds is 3. The van der Waals surface area contributed by atoms with Crippen LogP contribution in [0.25, 0.3) is 5.65 Å². The van der Waals surface area contributed by atoms with Gasteiger partial charge in [-0.25, -0.2) is 4.98 Å². The number of benzene rings is 1. The van der Waals surface area contributed by atoms with E-state index in [1.165, 1.54) is 12.1 Å². The van der Waals surface area contributed by atoms with Crippen LogP contribution >= 0.6 is 0 Å². The SMILES string of the molecule is Cc1cc(N2CCC3(CC2)COC3)n2nc(C(C)c3ccc(C(F)(F)F)cc3)cc2n1. The summed E-state index contributed by atoms with van der Waals surface area (Å²) >= 11 is 0. The lowest BCUT2D eigenvalue weighted by Gasteiger charge is -2.47. The van der Waals surface area contributed by atoms with Crippen molar-refractivity contribution >= 4 is 11.5 Å². The molecule has 31 heavy (non-hydrogen) atoms. The highest BCUT2D eigenvalue weighted by atomic mass is 19.4. The van der Waals surface area contributed by atoms with Crippen molar-refractivity contribution in [2.24, 2.45) is 5.41 Å². The van der Waals surface area contributed by atoms with Gasteiger partial charge in [0.1, 0.15) is 5.82 Å². The van der Waals surface area contributed by atoms with Crippen LogP contribution in [0.5, 0.6) is 0 Å². The second-order valence-electron chi connectivity index (χ2n) is 8.92. The molecule has 3 aromatic rings. The Hall–Kier alpha value is -2.61. The summed E-state index contributed by atoms with van der Waals surface area (Å²) in [6.07, 6.45) is -2.13.